The molecule has 0 spiro atoms. The van der Waals surface area contributed by atoms with E-state index in [1.54, 1.807) is 7.11 Å². The zero-order valence-electron chi connectivity index (χ0n) is 10.6. The van der Waals surface area contributed by atoms with Gasteiger partial charge in [0.05, 0.1) is 6.61 Å². The normalized spacial score (nSPS) is 13.0. The summed E-state index contributed by atoms with van der Waals surface area (Å²) in [5.41, 5.74) is 0. The third-order valence-electron chi connectivity index (χ3n) is 2.60. The maximum atomic E-state index is 5.00. The van der Waals surface area contributed by atoms with E-state index in [4.69, 9.17) is 4.74 Å². The molecule has 3 heteroatoms. The van der Waals surface area contributed by atoms with Crippen molar-refractivity contribution < 1.29 is 4.74 Å². The lowest BCUT2D eigenvalue weighted by Gasteiger charge is -2.15. The molecule has 2 nitrogen and oxygen atoms in total. The zero-order chi connectivity index (χ0) is 11.4. The minimum atomic E-state index is 0.822. The largest absolute Gasteiger partial charge is 0.383 e. The van der Waals surface area contributed by atoms with Crippen LogP contribution in [0.25, 0.3) is 0 Å². The second kappa shape index (κ2) is 12.3. The minimum Gasteiger partial charge on any atom is -0.383 e. The summed E-state index contributed by atoms with van der Waals surface area (Å²) in [7, 11) is 1.75. The predicted octanol–water partition coefficient (Wildman–Crippen LogP) is 2.78. The summed E-state index contributed by atoms with van der Waals surface area (Å²) in [4.78, 5) is 0. The van der Waals surface area contributed by atoms with Gasteiger partial charge in [0.2, 0.25) is 0 Å². The van der Waals surface area contributed by atoms with Gasteiger partial charge in [0.25, 0.3) is 0 Å². The van der Waals surface area contributed by atoms with E-state index >= 15 is 0 Å². The summed E-state index contributed by atoms with van der Waals surface area (Å²) < 4.78 is 5.00. The number of hydrogen-bond acceptors (Lipinski definition) is 3. The first-order valence-corrected chi connectivity index (χ1v) is 7.28. The summed E-state index contributed by atoms with van der Waals surface area (Å²) in [6.07, 6.45) is 4.02. The van der Waals surface area contributed by atoms with Gasteiger partial charge in [-0.25, -0.2) is 0 Å². The van der Waals surface area contributed by atoms with E-state index in [1.165, 1.54) is 30.8 Å². The van der Waals surface area contributed by atoms with Gasteiger partial charge in [0.1, 0.15) is 0 Å². The highest BCUT2D eigenvalue weighted by Crippen LogP contribution is 2.12. The standard InChI is InChI=1S/C12H27NOS/c1-4-12(7-6-10-15-5-2)11-13-8-9-14-3/h12-13H,4-11H2,1-3H3. The van der Waals surface area contributed by atoms with Crippen molar-refractivity contribution in [1.82, 2.24) is 5.32 Å². The van der Waals surface area contributed by atoms with Gasteiger partial charge < -0.3 is 10.1 Å². The molecule has 0 aromatic carbocycles. The average Bonchev–Trinajstić information content (AvgIpc) is 2.27. The molecule has 0 amide bonds. The van der Waals surface area contributed by atoms with Crippen LogP contribution in [0.2, 0.25) is 0 Å². The fraction of sp³-hybridized carbons (Fsp3) is 1.00. The molecule has 0 rings (SSSR count). The Balaban J connectivity index is 3.29. The predicted molar refractivity (Wildman–Crippen MR) is 70.8 cm³/mol. The molecule has 0 fully saturated rings. The Morgan fingerprint density at radius 2 is 2.13 bits per heavy atom. The van der Waals surface area contributed by atoms with Gasteiger partial charge in [-0.3, -0.25) is 0 Å². The lowest BCUT2D eigenvalue weighted by atomic mass is 10.0. The number of rotatable bonds is 11. The van der Waals surface area contributed by atoms with Crippen molar-refractivity contribution in [3.8, 4) is 0 Å². The van der Waals surface area contributed by atoms with Crippen molar-refractivity contribution in [1.29, 1.82) is 0 Å². The summed E-state index contributed by atoms with van der Waals surface area (Å²) in [5, 5.41) is 3.45. The van der Waals surface area contributed by atoms with Gasteiger partial charge in [-0.1, -0.05) is 20.3 Å². The highest BCUT2D eigenvalue weighted by atomic mass is 32.2. The molecule has 0 saturated heterocycles. The van der Waals surface area contributed by atoms with Gasteiger partial charge in [0.15, 0.2) is 0 Å². The number of hydrogen-bond donors (Lipinski definition) is 1. The Hall–Kier alpha value is 0.270. The second-order valence-corrected chi connectivity index (χ2v) is 5.20. The van der Waals surface area contributed by atoms with Crippen LogP contribution in [0.1, 0.15) is 33.1 Å². The quantitative estimate of drug-likeness (QED) is 0.555. The maximum absolute atomic E-state index is 5.00. The second-order valence-electron chi connectivity index (χ2n) is 3.81. The fourth-order valence-corrected chi connectivity index (χ4v) is 2.21. The molecule has 0 bridgehead atoms. The lowest BCUT2D eigenvalue weighted by Crippen LogP contribution is -2.26. The van der Waals surface area contributed by atoms with E-state index in [0.29, 0.717) is 0 Å². The molecule has 0 heterocycles. The summed E-state index contributed by atoms with van der Waals surface area (Å²) in [6.45, 7) is 7.47. The average molecular weight is 233 g/mol. The van der Waals surface area contributed by atoms with Gasteiger partial charge in [-0.2, -0.15) is 11.8 Å². The summed E-state index contributed by atoms with van der Waals surface area (Å²) in [6, 6.07) is 0. The van der Waals surface area contributed by atoms with Crippen LogP contribution in [0.15, 0.2) is 0 Å². The van der Waals surface area contributed by atoms with Gasteiger partial charge in [0, 0.05) is 13.7 Å². The minimum absolute atomic E-state index is 0.822. The Kier molecular flexibility index (Phi) is 12.6. The Morgan fingerprint density at radius 1 is 1.33 bits per heavy atom. The molecule has 15 heavy (non-hydrogen) atoms. The van der Waals surface area contributed by atoms with Gasteiger partial charge in [-0.15, -0.1) is 0 Å². The Bertz CT molecular complexity index is 110. The Labute approximate surface area is 99.5 Å². The molecule has 0 aromatic heterocycles. The van der Waals surface area contributed by atoms with Crippen molar-refractivity contribution in [2.45, 2.75) is 33.1 Å². The smallest absolute Gasteiger partial charge is 0.0587 e. The van der Waals surface area contributed by atoms with Crippen LogP contribution >= 0.6 is 11.8 Å². The maximum Gasteiger partial charge on any atom is 0.0587 e. The first-order chi connectivity index (χ1) is 7.35. The van der Waals surface area contributed by atoms with E-state index in [1.807, 2.05) is 0 Å². The van der Waals surface area contributed by atoms with E-state index in [2.05, 4.69) is 30.9 Å². The van der Waals surface area contributed by atoms with Crippen LogP contribution in [-0.4, -0.2) is 38.3 Å². The third-order valence-corrected chi connectivity index (χ3v) is 3.58. The molecule has 0 aliphatic rings. The van der Waals surface area contributed by atoms with Crippen molar-refractivity contribution in [2.24, 2.45) is 5.92 Å². The molecule has 1 N–H and O–H groups in total. The number of ether oxygens (including phenoxy) is 1. The van der Waals surface area contributed by atoms with Crippen molar-refractivity contribution >= 4 is 11.8 Å². The highest BCUT2D eigenvalue weighted by molar-refractivity contribution is 7.99. The molecular weight excluding hydrogens is 206 g/mol. The van der Waals surface area contributed by atoms with E-state index in [0.717, 1.165) is 25.6 Å². The van der Waals surface area contributed by atoms with E-state index in [-0.39, 0.29) is 0 Å². The lowest BCUT2D eigenvalue weighted by molar-refractivity contribution is 0.197. The fourth-order valence-electron chi connectivity index (χ4n) is 1.55. The number of thioether (sulfide) groups is 1. The Morgan fingerprint density at radius 3 is 2.73 bits per heavy atom. The summed E-state index contributed by atoms with van der Waals surface area (Å²) >= 11 is 2.05. The topological polar surface area (TPSA) is 21.3 Å². The van der Waals surface area contributed by atoms with Gasteiger partial charge >= 0.3 is 0 Å². The van der Waals surface area contributed by atoms with Crippen molar-refractivity contribution in [3.05, 3.63) is 0 Å². The van der Waals surface area contributed by atoms with E-state index < -0.39 is 0 Å². The zero-order valence-corrected chi connectivity index (χ0v) is 11.4. The molecule has 0 radical (unpaired) electrons. The number of methoxy groups -OCH3 is 1. The molecule has 1 unspecified atom stereocenters. The summed E-state index contributed by atoms with van der Waals surface area (Å²) in [5.74, 6) is 3.42. The monoisotopic (exact) mass is 233 g/mol. The molecule has 1 atom stereocenters. The first-order valence-electron chi connectivity index (χ1n) is 6.12. The molecule has 0 aliphatic carbocycles. The first kappa shape index (κ1) is 15.3. The highest BCUT2D eigenvalue weighted by Gasteiger charge is 2.04. The van der Waals surface area contributed by atoms with Crippen molar-refractivity contribution in [2.75, 3.05) is 38.3 Å². The van der Waals surface area contributed by atoms with Crippen LogP contribution in [0.4, 0.5) is 0 Å². The van der Waals surface area contributed by atoms with Crippen LogP contribution in [-0.2, 0) is 4.74 Å². The molecule has 92 valence electrons. The van der Waals surface area contributed by atoms with Gasteiger partial charge in [-0.05, 0) is 36.8 Å². The SMILES string of the molecule is CCSCCCC(CC)CNCCOC. The number of nitrogens with one attached hydrogen (secondary N) is 1. The molecular formula is C12H27NOS. The molecule has 0 aliphatic heterocycles. The van der Waals surface area contributed by atoms with Crippen molar-refractivity contribution in [3.63, 3.8) is 0 Å². The molecule has 0 aromatic rings. The van der Waals surface area contributed by atoms with Crippen LogP contribution < -0.4 is 5.32 Å². The van der Waals surface area contributed by atoms with E-state index in [9.17, 15) is 0 Å². The van der Waals surface area contributed by atoms with Crippen LogP contribution in [0.3, 0.4) is 0 Å². The third kappa shape index (κ3) is 10.6. The molecule has 0 saturated carbocycles. The van der Waals surface area contributed by atoms with Crippen LogP contribution in [0, 0.1) is 5.92 Å². The van der Waals surface area contributed by atoms with Crippen LogP contribution in [0.5, 0.6) is 0 Å².